The molecule has 2 heterocycles. The van der Waals surface area contributed by atoms with E-state index in [2.05, 4.69) is 4.98 Å². The molecule has 5 aromatic rings. The fourth-order valence-corrected chi connectivity index (χ4v) is 4.52. The number of H-pyrrole nitrogens is 1. The van der Waals surface area contributed by atoms with E-state index < -0.39 is 5.97 Å². The standard InChI is InChI=1S/C30H21Cl2N3O3/c31-24-11-12-25(26(32)15-24)27-18-35(17-20-3-8-22(9-4-20)30(37)38)28(34-27)13-5-19-1-6-21(7-2-19)23-10-14-29(36)33-16-23/h1-16,18H,17H2,(H,33,36)(H,37,38). The second-order valence-corrected chi connectivity index (χ2v) is 9.48. The van der Waals surface area contributed by atoms with Crippen molar-refractivity contribution < 1.29 is 9.90 Å². The Labute approximate surface area is 228 Å². The molecule has 0 fully saturated rings. The monoisotopic (exact) mass is 541 g/mol. The van der Waals surface area contributed by atoms with E-state index in [1.54, 1.807) is 48.7 Å². The maximum Gasteiger partial charge on any atom is 0.335 e. The molecule has 0 atom stereocenters. The van der Waals surface area contributed by atoms with Gasteiger partial charge in [-0.1, -0.05) is 65.7 Å². The minimum Gasteiger partial charge on any atom is -0.478 e. The van der Waals surface area contributed by atoms with Gasteiger partial charge in [0, 0.05) is 35.6 Å². The van der Waals surface area contributed by atoms with Crippen LogP contribution in [-0.2, 0) is 6.54 Å². The Morgan fingerprint density at radius 3 is 2.32 bits per heavy atom. The van der Waals surface area contributed by atoms with Gasteiger partial charge in [0.1, 0.15) is 5.82 Å². The number of rotatable bonds is 7. The van der Waals surface area contributed by atoms with Crippen LogP contribution < -0.4 is 5.56 Å². The van der Waals surface area contributed by atoms with Crippen LogP contribution in [0.1, 0.15) is 27.3 Å². The Kier molecular flexibility index (Phi) is 7.26. The number of hydrogen-bond acceptors (Lipinski definition) is 3. The Balaban J connectivity index is 1.46. The molecule has 5 rings (SSSR count). The summed E-state index contributed by atoms with van der Waals surface area (Å²) in [5.41, 5.74) is 5.38. The van der Waals surface area contributed by atoms with Crippen molar-refractivity contribution >= 4 is 41.3 Å². The zero-order valence-corrected chi connectivity index (χ0v) is 21.4. The molecule has 6 nitrogen and oxygen atoms in total. The van der Waals surface area contributed by atoms with E-state index >= 15 is 0 Å². The van der Waals surface area contributed by atoms with E-state index in [1.165, 1.54) is 6.07 Å². The van der Waals surface area contributed by atoms with Crippen molar-refractivity contribution in [3.8, 4) is 22.4 Å². The fourth-order valence-electron chi connectivity index (χ4n) is 4.01. The number of aromatic carboxylic acids is 1. The smallest absolute Gasteiger partial charge is 0.335 e. The third-order valence-electron chi connectivity index (χ3n) is 6.02. The second kappa shape index (κ2) is 10.9. The lowest BCUT2D eigenvalue weighted by Crippen LogP contribution is -2.02. The van der Waals surface area contributed by atoms with Crippen LogP contribution in [0.25, 0.3) is 34.5 Å². The van der Waals surface area contributed by atoms with Crippen molar-refractivity contribution in [1.29, 1.82) is 0 Å². The Hall–Kier alpha value is -4.39. The first-order valence-corrected chi connectivity index (χ1v) is 12.4. The highest BCUT2D eigenvalue weighted by Gasteiger charge is 2.12. The van der Waals surface area contributed by atoms with Gasteiger partial charge in [-0.2, -0.15) is 0 Å². The van der Waals surface area contributed by atoms with Gasteiger partial charge in [-0.25, -0.2) is 9.78 Å². The lowest BCUT2D eigenvalue weighted by Gasteiger charge is -2.06. The largest absolute Gasteiger partial charge is 0.478 e. The van der Waals surface area contributed by atoms with E-state index in [-0.39, 0.29) is 11.1 Å². The molecule has 0 aliphatic heterocycles. The van der Waals surface area contributed by atoms with Crippen molar-refractivity contribution in [2.24, 2.45) is 0 Å². The van der Waals surface area contributed by atoms with Crippen molar-refractivity contribution in [3.63, 3.8) is 0 Å². The quantitative estimate of drug-likeness (QED) is 0.229. The first-order chi connectivity index (χ1) is 18.4. The third kappa shape index (κ3) is 5.78. The summed E-state index contributed by atoms with van der Waals surface area (Å²) < 4.78 is 1.99. The number of carboxylic acid groups (broad SMARTS) is 1. The summed E-state index contributed by atoms with van der Waals surface area (Å²) in [4.78, 5) is 30.1. The molecule has 0 radical (unpaired) electrons. The number of carbonyl (C=O) groups is 1. The highest BCUT2D eigenvalue weighted by molar-refractivity contribution is 6.36. The lowest BCUT2D eigenvalue weighted by atomic mass is 10.1. The van der Waals surface area contributed by atoms with Crippen LogP contribution in [0.4, 0.5) is 0 Å². The average molecular weight is 542 g/mol. The van der Waals surface area contributed by atoms with E-state index in [0.29, 0.717) is 28.1 Å². The number of carboxylic acids is 1. The Morgan fingerprint density at radius 2 is 1.66 bits per heavy atom. The molecular formula is C30H21Cl2N3O3. The minimum absolute atomic E-state index is 0.138. The van der Waals surface area contributed by atoms with Crippen LogP contribution in [0.3, 0.4) is 0 Å². The average Bonchev–Trinajstić information content (AvgIpc) is 3.30. The summed E-state index contributed by atoms with van der Waals surface area (Å²) in [5.74, 6) is -0.257. The van der Waals surface area contributed by atoms with Gasteiger partial charge in [0.25, 0.3) is 0 Å². The first kappa shape index (κ1) is 25.3. The summed E-state index contributed by atoms with van der Waals surface area (Å²) >= 11 is 12.5. The van der Waals surface area contributed by atoms with Gasteiger partial charge in [-0.05, 0) is 64.7 Å². The number of nitrogens with one attached hydrogen (secondary N) is 1. The van der Waals surface area contributed by atoms with Crippen molar-refractivity contribution in [3.05, 3.63) is 134 Å². The third-order valence-corrected chi connectivity index (χ3v) is 6.57. The molecule has 0 bridgehead atoms. The van der Waals surface area contributed by atoms with Gasteiger partial charge < -0.3 is 14.7 Å². The van der Waals surface area contributed by atoms with Gasteiger partial charge in [-0.15, -0.1) is 0 Å². The zero-order valence-electron chi connectivity index (χ0n) is 19.9. The molecule has 0 unspecified atom stereocenters. The van der Waals surface area contributed by atoms with E-state index in [0.717, 1.165) is 27.8 Å². The van der Waals surface area contributed by atoms with E-state index in [9.17, 15) is 14.7 Å². The highest BCUT2D eigenvalue weighted by atomic mass is 35.5. The Bertz CT molecular complexity index is 1680. The van der Waals surface area contributed by atoms with Crippen molar-refractivity contribution in [1.82, 2.24) is 14.5 Å². The molecule has 2 N–H and O–H groups in total. The van der Waals surface area contributed by atoms with Crippen LogP contribution in [0.5, 0.6) is 0 Å². The minimum atomic E-state index is -0.964. The molecule has 0 amide bonds. The Morgan fingerprint density at radius 1 is 0.921 bits per heavy atom. The molecular weight excluding hydrogens is 521 g/mol. The van der Waals surface area contributed by atoms with Crippen LogP contribution in [0, 0.1) is 0 Å². The van der Waals surface area contributed by atoms with Crippen LogP contribution >= 0.6 is 23.2 Å². The second-order valence-electron chi connectivity index (χ2n) is 8.64. The van der Waals surface area contributed by atoms with Crippen molar-refractivity contribution in [2.75, 3.05) is 0 Å². The lowest BCUT2D eigenvalue weighted by molar-refractivity contribution is 0.0697. The molecule has 3 aromatic carbocycles. The fraction of sp³-hybridized carbons (Fsp3) is 0.0333. The van der Waals surface area contributed by atoms with Crippen molar-refractivity contribution in [2.45, 2.75) is 6.54 Å². The van der Waals surface area contributed by atoms with Gasteiger partial charge in [0.15, 0.2) is 0 Å². The van der Waals surface area contributed by atoms with Crippen LogP contribution in [0.15, 0.2) is 96.1 Å². The molecule has 0 spiro atoms. The van der Waals surface area contributed by atoms with Gasteiger partial charge in [0.05, 0.1) is 16.3 Å². The summed E-state index contributed by atoms with van der Waals surface area (Å²) in [6.45, 7) is 0.489. The van der Waals surface area contributed by atoms with E-state index in [1.807, 2.05) is 53.2 Å². The van der Waals surface area contributed by atoms with Crippen LogP contribution in [0.2, 0.25) is 10.0 Å². The number of hydrogen-bond donors (Lipinski definition) is 2. The van der Waals surface area contributed by atoms with Gasteiger partial charge in [0.2, 0.25) is 5.56 Å². The maximum absolute atomic E-state index is 11.3. The van der Waals surface area contributed by atoms with E-state index in [4.69, 9.17) is 28.2 Å². The molecule has 8 heteroatoms. The number of benzene rings is 3. The number of aromatic amines is 1. The summed E-state index contributed by atoms with van der Waals surface area (Å²) in [7, 11) is 0. The maximum atomic E-state index is 11.3. The number of nitrogens with zero attached hydrogens (tertiary/aromatic N) is 2. The topological polar surface area (TPSA) is 88.0 Å². The SMILES string of the molecule is O=C(O)c1ccc(Cn2cc(-c3ccc(Cl)cc3Cl)nc2C=Cc2ccc(-c3ccc(=O)[nH]c3)cc2)cc1. The zero-order chi connectivity index (χ0) is 26.6. The molecule has 2 aromatic heterocycles. The predicted molar refractivity (Wildman–Crippen MR) is 152 cm³/mol. The first-order valence-electron chi connectivity index (χ1n) is 11.7. The summed E-state index contributed by atoms with van der Waals surface area (Å²) in [5, 5.41) is 10.2. The number of pyridine rings is 1. The molecule has 0 saturated carbocycles. The number of aromatic nitrogens is 3. The summed E-state index contributed by atoms with van der Waals surface area (Å²) in [6.07, 6.45) is 7.50. The molecule has 38 heavy (non-hydrogen) atoms. The molecule has 0 saturated heterocycles. The van der Waals surface area contributed by atoms with Gasteiger partial charge in [-0.3, -0.25) is 4.79 Å². The summed E-state index contributed by atoms with van der Waals surface area (Å²) in [6, 6.07) is 23.3. The number of halogens is 2. The predicted octanol–water partition coefficient (Wildman–Crippen LogP) is 7.13. The highest BCUT2D eigenvalue weighted by Crippen LogP contribution is 2.30. The van der Waals surface area contributed by atoms with Crippen LogP contribution in [-0.4, -0.2) is 25.6 Å². The molecule has 0 aliphatic rings. The number of imidazole rings is 1. The normalized spacial score (nSPS) is 11.2. The van der Waals surface area contributed by atoms with Gasteiger partial charge >= 0.3 is 5.97 Å². The molecule has 0 aliphatic carbocycles. The molecule has 188 valence electrons.